The number of benzene rings is 1. The Morgan fingerprint density at radius 3 is 2.78 bits per heavy atom. The molecule has 1 amide bonds. The van der Waals surface area contributed by atoms with Crippen molar-refractivity contribution in [2.75, 3.05) is 0 Å². The monoisotopic (exact) mass is 298 g/mol. The van der Waals surface area contributed by atoms with Crippen LogP contribution in [-0.2, 0) is 0 Å². The second kappa shape index (κ2) is 6.00. The quantitative estimate of drug-likeness (QED) is 0.679. The molecule has 0 spiro atoms. The maximum Gasteiger partial charge on any atom is 0.281 e. The Morgan fingerprint density at radius 2 is 2.11 bits per heavy atom. The molecule has 0 aliphatic carbocycles. The number of nitrogens with zero attached hydrogens (tertiary/aromatic N) is 1. The lowest BCUT2D eigenvalue weighted by molar-refractivity contribution is 0.0959. The standard InChI is InChI=1S/C12H8Cl2N2OS/c13-9-4-3-8(6-10(9)14)7-15-16-12(17)11-2-1-5-18-11/h1-7H,(H,16,17)/b15-7-. The number of rotatable bonds is 3. The summed E-state index contributed by atoms with van der Waals surface area (Å²) in [6.45, 7) is 0. The topological polar surface area (TPSA) is 41.5 Å². The predicted octanol–water partition coefficient (Wildman–Crippen LogP) is 3.82. The fourth-order valence-electron chi connectivity index (χ4n) is 1.22. The molecule has 6 heteroatoms. The van der Waals surface area contributed by atoms with E-state index in [2.05, 4.69) is 10.5 Å². The smallest absolute Gasteiger partial charge is 0.266 e. The average molecular weight is 299 g/mol. The van der Waals surface area contributed by atoms with Gasteiger partial charge in [-0.05, 0) is 29.1 Å². The first-order valence-corrected chi connectivity index (χ1v) is 6.62. The van der Waals surface area contributed by atoms with Crippen molar-refractivity contribution in [2.45, 2.75) is 0 Å². The van der Waals surface area contributed by atoms with Crippen molar-refractivity contribution >= 4 is 46.7 Å². The van der Waals surface area contributed by atoms with E-state index in [1.54, 1.807) is 24.3 Å². The minimum absolute atomic E-state index is 0.235. The van der Waals surface area contributed by atoms with Gasteiger partial charge in [0.1, 0.15) is 0 Å². The fraction of sp³-hybridized carbons (Fsp3) is 0. The first-order chi connectivity index (χ1) is 8.66. The van der Waals surface area contributed by atoms with Gasteiger partial charge in [0.25, 0.3) is 5.91 Å². The summed E-state index contributed by atoms with van der Waals surface area (Å²) in [6.07, 6.45) is 1.51. The highest BCUT2D eigenvalue weighted by Gasteiger charge is 2.03. The lowest BCUT2D eigenvalue weighted by Crippen LogP contribution is -2.16. The van der Waals surface area contributed by atoms with Gasteiger partial charge in [-0.1, -0.05) is 35.3 Å². The Kier molecular flexibility index (Phi) is 4.36. The van der Waals surface area contributed by atoms with Crippen molar-refractivity contribution in [3.05, 3.63) is 56.2 Å². The zero-order chi connectivity index (χ0) is 13.0. The predicted molar refractivity (Wildman–Crippen MR) is 75.8 cm³/mol. The van der Waals surface area contributed by atoms with Crippen LogP contribution in [0.15, 0.2) is 40.8 Å². The number of amides is 1. The van der Waals surface area contributed by atoms with E-state index in [1.165, 1.54) is 17.6 Å². The third kappa shape index (κ3) is 3.32. The molecule has 1 N–H and O–H groups in total. The maximum absolute atomic E-state index is 11.6. The second-order valence-corrected chi connectivity index (χ2v) is 5.11. The van der Waals surface area contributed by atoms with Gasteiger partial charge in [0.2, 0.25) is 0 Å². The zero-order valence-corrected chi connectivity index (χ0v) is 11.4. The minimum atomic E-state index is -0.235. The van der Waals surface area contributed by atoms with Crippen LogP contribution in [0.3, 0.4) is 0 Å². The molecule has 0 atom stereocenters. The largest absolute Gasteiger partial charge is 0.281 e. The molecule has 2 rings (SSSR count). The van der Waals surface area contributed by atoms with Gasteiger partial charge in [-0.2, -0.15) is 5.10 Å². The molecule has 3 nitrogen and oxygen atoms in total. The molecule has 92 valence electrons. The summed E-state index contributed by atoms with van der Waals surface area (Å²) in [7, 11) is 0. The van der Waals surface area contributed by atoms with E-state index in [0.717, 1.165) is 5.56 Å². The van der Waals surface area contributed by atoms with Crippen LogP contribution < -0.4 is 5.43 Å². The van der Waals surface area contributed by atoms with E-state index in [0.29, 0.717) is 14.9 Å². The van der Waals surface area contributed by atoms with Gasteiger partial charge >= 0.3 is 0 Å². The number of hydrazone groups is 1. The van der Waals surface area contributed by atoms with Crippen molar-refractivity contribution in [1.29, 1.82) is 0 Å². The van der Waals surface area contributed by atoms with Gasteiger partial charge in [-0.3, -0.25) is 4.79 Å². The highest BCUT2D eigenvalue weighted by Crippen LogP contribution is 2.21. The normalized spacial score (nSPS) is 10.8. The van der Waals surface area contributed by atoms with Crippen LogP contribution in [-0.4, -0.2) is 12.1 Å². The summed E-state index contributed by atoms with van der Waals surface area (Å²) in [4.78, 5) is 12.2. The number of nitrogens with one attached hydrogen (secondary N) is 1. The molecule has 0 radical (unpaired) electrons. The molecular formula is C12H8Cl2N2OS. The van der Waals surface area contributed by atoms with Crippen LogP contribution in [0.1, 0.15) is 15.2 Å². The SMILES string of the molecule is O=C(N/N=C\c1ccc(Cl)c(Cl)c1)c1cccs1. The number of thiophene rings is 1. The molecule has 1 aromatic heterocycles. The number of hydrogen-bond acceptors (Lipinski definition) is 3. The second-order valence-electron chi connectivity index (χ2n) is 3.35. The fourth-order valence-corrected chi connectivity index (χ4v) is 2.14. The van der Waals surface area contributed by atoms with E-state index in [4.69, 9.17) is 23.2 Å². The molecule has 0 saturated carbocycles. The van der Waals surface area contributed by atoms with Crippen LogP contribution in [0, 0.1) is 0 Å². The van der Waals surface area contributed by atoms with Crippen LogP contribution in [0.2, 0.25) is 10.0 Å². The Bertz CT molecular complexity index is 582. The first-order valence-electron chi connectivity index (χ1n) is 4.99. The summed E-state index contributed by atoms with van der Waals surface area (Å²) in [5.74, 6) is -0.235. The van der Waals surface area contributed by atoms with Crippen molar-refractivity contribution in [1.82, 2.24) is 5.43 Å². The number of carbonyl (C=O) groups is 1. The summed E-state index contributed by atoms with van der Waals surface area (Å²) in [5.41, 5.74) is 3.19. The van der Waals surface area contributed by atoms with Crippen molar-refractivity contribution in [3.63, 3.8) is 0 Å². The van der Waals surface area contributed by atoms with Crippen molar-refractivity contribution < 1.29 is 4.79 Å². The zero-order valence-electron chi connectivity index (χ0n) is 9.06. The summed E-state index contributed by atoms with van der Waals surface area (Å²) < 4.78 is 0. The third-order valence-corrected chi connectivity index (χ3v) is 3.68. The number of hydrogen-bond donors (Lipinski definition) is 1. The molecule has 2 aromatic rings. The van der Waals surface area contributed by atoms with Gasteiger partial charge in [-0.25, -0.2) is 5.43 Å². The van der Waals surface area contributed by atoms with Gasteiger partial charge in [0, 0.05) is 0 Å². The van der Waals surface area contributed by atoms with Crippen molar-refractivity contribution in [3.8, 4) is 0 Å². The van der Waals surface area contributed by atoms with Crippen LogP contribution in [0.5, 0.6) is 0 Å². The molecule has 1 heterocycles. The highest BCUT2D eigenvalue weighted by atomic mass is 35.5. The van der Waals surface area contributed by atoms with E-state index >= 15 is 0 Å². The Labute approximate surface area is 118 Å². The van der Waals surface area contributed by atoms with E-state index in [9.17, 15) is 4.79 Å². The van der Waals surface area contributed by atoms with E-state index < -0.39 is 0 Å². The molecule has 0 bridgehead atoms. The van der Waals surface area contributed by atoms with Gasteiger partial charge in [0.15, 0.2) is 0 Å². The lowest BCUT2D eigenvalue weighted by atomic mass is 10.2. The molecule has 0 saturated heterocycles. The molecule has 18 heavy (non-hydrogen) atoms. The Morgan fingerprint density at radius 1 is 1.28 bits per heavy atom. The third-order valence-electron chi connectivity index (χ3n) is 2.07. The van der Waals surface area contributed by atoms with Crippen LogP contribution >= 0.6 is 34.5 Å². The average Bonchev–Trinajstić information content (AvgIpc) is 2.87. The summed E-state index contributed by atoms with van der Waals surface area (Å²) >= 11 is 13.0. The lowest BCUT2D eigenvalue weighted by Gasteiger charge is -1.98. The Hall–Kier alpha value is -1.36. The molecule has 0 unspecified atom stereocenters. The van der Waals surface area contributed by atoms with E-state index in [1.807, 2.05) is 11.4 Å². The Balaban J connectivity index is 1.99. The summed E-state index contributed by atoms with van der Waals surface area (Å²) in [5, 5.41) is 6.61. The molecule has 0 fully saturated rings. The molecule has 0 aliphatic rings. The first kappa shape index (κ1) is 13.1. The van der Waals surface area contributed by atoms with Gasteiger partial charge in [-0.15, -0.1) is 11.3 Å². The highest BCUT2D eigenvalue weighted by molar-refractivity contribution is 7.12. The minimum Gasteiger partial charge on any atom is -0.266 e. The molecule has 1 aromatic carbocycles. The maximum atomic E-state index is 11.6. The molecular weight excluding hydrogens is 291 g/mol. The van der Waals surface area contributed by atoms with Gasteiger partial charge in [0.05, 0.1) is 21.1 Å². The summed E-state index contributed by atoms with van der Waals surface area (Å²) in [6, 6.07) is 8.64. The van der Waals surface area contributed by atoms with E-state index in [-0.39, 0.29) is 5.91 Å². The van der Waals surface area contributed by atoms with Crippen molar-refractivity contribution in [2.24, 2.45) is 5.10 Å². The number of halogens is 2. The van der Waals surface area contributed by atoms with Crippen LogP contribution in [0.25, 0.3) is 0 Å². The number of carbonyl (C=O) groups excluding carboxylic acids is 1. The van der Waals surface area contributed by atoms with Crippen LogP contribution in [0.4, 0.5) is 0 Å². The molecule has 0 aliphatic heterocycles. The van der Waals surface area contributed by atoms with Gasteiger partial charge < -0.3 is 0 Å².